The normalized spacial score (nSPS) is 10.4. The van der Waals surface area contributed by atoms with E-state index < -0.39 is 0 Å². The van der Waals surface area contributed by atoms with Gasteiger partial charge in [0.05, 0.1) is 0 Å². The lowest BCUT2D eigenvalue weighted by molar-refractivity contribution is 0.762. The zero-order chi connectivity index (χ0) is 14.0. The maximum Gasteiger partial charge on any atom is 0.0372 e. The first-order valence-corrected chi connectivity index (χ1v) is 7.76. The second-order valence-corrected chi connectivity index (χ2v) is 5.28. The molecule has 0 aliphatic heterocycles. The van der Waals surface area contributed by atoms with Crippen LogP contribution in [-0.2, 0) is 12.8 Å². The molecule has 1 N–H and O–H groups in total. The number of benzene rings is 2. The summed E-state index contributed by atoms with van der Waals surface area (Å²) in [5.41, 5.74) is 4.20. The molecule has 106 valence electrons. The van der Waals surface area contributed by atoms with Crippen LogP contribution in [0.1, 0.15) is 37.3 Å². The van der Waals surface area contributed by atoms with Gasteiger partial charge in [-0.1, -0.05) is 61.9 Å². The van der Waals surface area contributed by atoms with Crippen LogP contribution in [0, 0.1) is 0 Å². The van der Waals surface area contributed by atoms with Crippen molar-refractivity contribution in [1.82, 2.24) is 0 Å². The molecule has 2 aromatic rings. The zero-order valence-electron chi connectivity index (χ0n) is 12.4. The molecule has 0 unspecified atom stereocenters. The molecular formula is C19H25N. The van der Waals surface area contributed by atoms with E-state index in [1.165, 1.54) is 42.5 Å². The van der Waals surface area contributed by atoms with Gasteiger partial charge >= 0.3 is 0 Å². The van der Waals surface area contributed by atoms with Crippen molar-refractivity contribution in [3.05, 3.63) is 65.7 Å². The molecule has 0 aliphatic carbocycles. The van der Waals surface area contributed by atoms with E-state index in [0.717, 1.165) is 13.0 Å². The van der Waals surface area contributed by atoms with Crippen molar-refractivity contribution in [1.29, 1.82) is 0 Å². The van der Waals surface area contributed by atoms with Gasteiger partial charge in [-0.15, -0.1) is 0 Å². The van der Waals surface area contributed by atoms with Crippen LogP contribution in [0.25, 0.3) is 0 Å². The molecule has 0 radical (unpaired) electrons. The first-order valence-electron chi connectivity index (χ1n) is 7.76. The molecule has 0 bridgehead atoms. The van der Waals surface area contributed by atoms with E-state index in [1.54, 1.807) is 0 Å². The molecule has 20 heavy (non-hydrogen) atoms. The summed E-state index contributed by atoms with van der Waals surface area (Å²) in [4.78, 5) is 0. The number of nitrogens with one attached hydrogen (secondary N) is 1. The Morgan fingerprint density at radius 2 is 1.55 bits per heavy atom. The Morgan fingerprint density at radius 1 is 0.800 bits per heavy atom. The molecule has 0 saturated heterocycles. The number of anilines is 1. The minimum Gasteiger partial charge on any atom is -0.385 e. The van der Waals surface area contributed by atoms with E-state index in [-0.39, 0.29) is 0 Å². The Kier molecular flexibility index (Phi) is 6.16. The van der Waals surface area contributed by atoms with E-state index >= 15 is 0 Å². The van der Waals surface area contributed by atoms with Crippen molar-refractivity contribution < 1.29 is 0 Å². The Bertz CT molecular complexity index is 490. The van der Waals surface area contributed by atoms with Crippen molar-refractivity contribution >= 4 is 5.69 Å². The molecule has 0 atom stereocenters. The number of aryl methyl sites for hydroxylation is 2. The second kappa shape index (κ2) is 8.42. The fourth-order valence-electron chi connectivity index (χ4n) is 2.50. The maximum atomic E-state index is 3.58. The average molecular weight is 267 g/mol. The summed E-state index contributed by atoms with van der Waals surface area (Å²) in [6, 6.07) is 19.4. The lowest BCUT2D eigenvalue weighted by Crippen LogP contribution is -2.04. The van der Waals surface area contributed by atoms with Crippen LogP contribution in [0.15, 0.2) is 54.6 Å². The average Bonchev–Trinajstić information content (AvgIpc) is 2.50. The van der Waals surface area contributed by atoms with Gasteiger partial charge in [-0.2, -0.15) is 0 Å². The highest BCUT2D eigenvalue weighted by molar-refractivity contribution is 5.51. The van der Waals surface area contributed by atoms with Crippen molar-refractivity contribution in [3.8, 4) is 0 Å². The highest BCUT2D eigenvalue weighted by atomic mass is 14.9. The monoisotopic (exact) mass is 267 g/mol. The fourth-order valence-corrected chi connectivity index (χ4v) is 2.50. The Morgan fingerprint density at radius 3 is 2.35 bits per heavy atom. The molecule has 1 nitrogen and oxygen atoms in total. The van der Waals surface area contributed by atoms with E-state index in [1.807, 2.05) is 0 Å². The molecule has 0 spiro atoms. The predicted molar refractivity (Wildman–Crippen MR) is 88.3 cm³/mol. The van der Waals surface area contributed by atoms with Gasteiger partial charge in [-0.05, 0) is 42.9 Å². The van der Waals surface area contributed by atoms with Crippen LogP contribution in [0.3, 0.4) is 0 Å². The minimum atomic E-state index is 1.06. The molecule has 2 rings (SSSR count). The van der Waals surface area contributed by atoms with Crippen LogP contribution in [0.4, 0.5) is 5.69 Å². The lowest BCUT2D eigenvalue weighted by Gasteiger charge is -2.11. The number of unbranched alkanes of at least 4 members (excludes halogenated alkanes) is 1. The van der Waals surface area contributed by atoms with Crippen molar-refractivity contribution in [2.24, 2.45) is 0 Å². The SMILES string of the molecule is CCCc1ccccc1NCCCCc1ccccc1. The van der Waals surface area contributed by atoms with E-state index in [9.17, 15) is 0 Å². The molecule has 0 amide bonds. The molecule has 0 saturated carbocycles. The number of hydrogen-bond donors (Lipinski definition) is 1. The standard InChI is InChI=1S/C19H25N/c1-2-10-18-14-6-7-15-19(18)20-16-9-8-13-17-11-4-3-5-12-17/h3-7,11-12,14-15,20H,2,8-10,13,16H2,1H3. The topological polar surface area (TPSA) is 12.0 Å². The summed E-state index contributed by atoms with van der Waals surface area (Å²) in [6.07, 6.45) is 6.00. The first kappa shape index (κ1) is 14.6. The van der Waals surface area contributed by atoms with E-state index in [0.29, 0.717) is 0 Å². The minimum absolute atomic E-state index is 1.06. The molecule has 2 aromatic carbocycles. The molecule has 0 fully saturated rings. The summed E-state index contributed by atoms with van der Waals surface area (Å²) in [6.45, 7) is 3.30. The Hall–Kier alpha value is -1.76. The van der Waals surface area contributed by atoms with Crippen molar-refractivity contribution in [2.45, 2.75) is 39.0 Å². The molecular weight excluding hydrogens is 242 g/mol. The van der Waals surface area contributed by atoms with Gasteiger partial charge in [0.1, 0.15) is 0 Å². The van der Waals surface area contributed by atoms with Gasteiger partial charge in [0.2, 0.25) is 0 Å². The van der Waals surface area contributed by atoms with Crippen LogP contribution in [0.2, 0.25) is 0 Å². The number of para-hydroxylation sites is 1. The molecule has 0 aromatic heterocycles. The van der Waals surface area contributed by atoms with Gasteiger partial charge in [0, 0.05) is 12.2 Å². The van der Waals surface area contributed by atoms with Crippen LogP contribution >= 0.6 is 0 Å². The Labute approximate surface area is 123 Å². The Balaban J connectivity index is 1.71. The van der Waals surface area contributed by atoms with Crippen LogP contribution < -0.4 is 5.32 Å². The van der Waals surface area contributed by atoms with Crippen molar-refractivity contribution in [2.75, 3.05) is 11.9 Å². The summed E-state index contributed by atoms with van der Waals surface area (Å²) >= 11 is 0. The van der Waals surface area contributed by atoms with Gasteiger partial charge in [-0.25, -0.2) is 0 Å². The van der Waals surface area contributed by atoms with Gasteiger partial charge < -0.3 is 5.32 Å². The largest absolute Gasteiger partial charge is 0.385 e. The van der Waals surface area contributed by atoms with E-state index in [2.05, 4.69) is 66.8 Å². The first-order chi connectivity index (χ1) is 9.90. The number of rotatable bonds is 8. The van der Waals surface area contributed by atoms with Crippen LogP contribution in [0.5, 0.6) is 0 Å². The zero-order valence-corrected chi connectivity index (χ0v) is 12.4. The van der Waals surface area contributed by atoms with Gasteiger partial charge in [0.15, 0.2) is 0 Å². The third kappa shape index (κ3) is 4.73. The molecule has 0 aliphatic rings. The second-order valence-electron chi connectivity index (χ2n) is 5.28. The molecule has 1 heteroatoms. The number of hydrogen-bond acceptors (Lipinski definition) is 1. The van der Waals surface area contributed by atoms with E-state index in [4.69, 9.17) is 0 Å². The van der Waals surface area contributed by atoms with Gasteiger partial charge in [0.25, 0.3) is 0 Å². The van der Waals surface area contributed by atoms with Crippen LogP contribution in [-0.4, -0.2) is 6.54 Å². The summed E-state index contributed by atoms with van der Waals surface area (Å²) in [7, 11) is 0. The summed E-state index contributed by atoms with van der Waals surface area (Å²) in [5.74, 6) is 0. The molecule has 0 heterocycles. The maximum absolute atomic E-state index is 3.58. The lowest BCUT2D eigenvalue weighted by atomic mass is 10.1. The summed E-state index contributed by atoms with van der Waals surface area (Å²) in [5, 5.41) is 3.58. The van der Waals surface area contributed by atoms with Crippen molar-refractivity contribution in [3.63, 3.8) is 0 Å². The fraction of sp³-hybridized carbons (Fsp3) is 0.368. The third-order valence-electron chi connectivity index (χ3n) is 3.59. The van der Waals surface area contributed by atoms with Gasteiger partial charge in [-0.3, -0.25) is 0 Å². The highest BCUT2D eigenvalue weighted by Gasteiger charge is 1.99. The highest BCUT2D eigenvalue weighted by Crippen LogP contribution is 2.17. The smallest absolute Gasteiger partial charge is 0.0372 e. The summed E-state index contributed by atoms with van der Waals surface area (Å²) < 4.78 is 0. The predicted octanol–water partition coefficient (Wildman–Crippen LogP) is 5.07. The quantitative estimate of drug-likeness (QED) is 0.658. The third-order valence-corrected chi connectivity index (χ3v) is 3.59.